The molecule has 0 saturated heterocycles. The number of benzene rings is 1. The van der Waals surface area contributed by atoms with Gasteiger partial charge in [-0.1, -0.05) is 0 Å². The molecule has 6 heteroatoms. The fourth-order valence-electron chi connectivity index (χ4n) is 0.639. The normalized spacial score (nSPS) is 8.00. The summed E-state index contributed by atoms with van der Waals surface area (Å²) in [5.74, 6) is -0.0355. The van der Waals surface area contributed by atoms with E-state index in [4.69, 9.17) is 22.3 Å². The van der Waals surface area contributed by atoms with E-state index in [1.165, 1.54) is 12.1 Å². The number of phenols is 1. The van der Waals surface area contributed by atoms with E-state index in [1.807, 2.05) is 0 Å². The molecule has 0 radical (unpaired) electrons. The summed E-state index contributed by atoms with van der Waals surface area (Å²) in [5.41, 5.74) is 17.0. The molecular weight excluding hydrogens is 201 g/mol. The first-order chi connectivity index (χ1) is 4.61. The lowest BCUT2D eigenvalue weighted by molar-refractivity contribution is 0.478. The molecule has 0 fully saturated rings. The maximum Gasteiger partial charge on any atom is 0.140 e. The Balaban J connectivity index is 0. The van der Waals surface area contributed by atoms with Gasteiger partial charge in [-0.05, 0) is 6.07 Å². The number of rotatable bonds is 0. The summed E-state index contributed by atoms with van der Waals surface area (Å²) in [5, 5.41) is 8.96. The minimum Gasteiger partial charge on any atom is -0.506 e. The standard InChI is InChI=1S/C6H9N3O.2ClH/c7-3-1-5(9)6(10)2-4(3)8;;/h1-2,10H,7-9H2;2*1H. The van der Waals surface area contributed by atoms with Crippen LogP contribution in [0.5, 0.6) is 5.75 Å². The number of halogens is 2. The number of nitrogens with two attached hydrogens (primary N) is 3. The molecule has 0 spiro atoms. The third kappa shape index (κ3) is 2.56. The maximum absolute atomic E-state index is 8.96. The predicted octanol–water partition coefficient (Wildman–Crippen LogP) is 0.982. The van der Waals surface area contributed by atoms with Crippen molar-refractivity contribution in [2.45, 2.75) is 0 Å². The number of aromatic hydroxyl groups is 1. The van der Waals surface area contributed by atoms with Gasteiger partial charge >= 0.3 is 0 Å². The Morgan fingerprint density at radius 1 is 0.833 bits per heavy atom. The highest BCUT2D eigenvalue weighted by molar-refractivity contribution is 5.85. The van der Waals surface area contributed by atoms with E-state index in [0.717, 1.165) is 0 Å². The molecule has 1 aromatic rings. The van der Waals surface area contributed by atoms with Crippen molar-refractivity contribution in [3.8, 4) is 5.75 Å². The first-order valence-corrected chi connectivity index (χ1v) is 2.74. The summed E-state index contributed by atoms with van der Waals surface area (Å²) in [6.07, 6.45) is 0. The number of nitrogen functional groups attached to an aromatic ring is 3. The van der Waals surface area contributed by atoms with Crippen molar-refractivity contribution in [2.24, 2.45) is 0 Å². The summed E-state index contributed by atoms with van der Waals surface area (Å²) in [7, 11) is 0. The molecule has 1 aromatic carbocycles. The van der Waals surface area contributed by atoms with Crippen LogP contribution in [0.3, 0.4) is 0 Å². The number of hydrogen-bond acceptors (Lipinski definition) is 4. The number of anilines is 3. The summed E-state index contributed by atoms with van der Waals surface area (Å²) < 4.78 is 0. The van der Waals surface area contributed by atoms with Crippen molar-refractivity contribution in [3.63, 3.8) is 0 Å². The van der Waals surface area contributed by atoms with Crippen LogP contribution >= 0.6 is 24.8 Å². The molecule has 70 valence electrons. The Hall–Kier alpha value is -1.00. The average molecular weight is 212 g/mol. The molecule has 12 heavy (non-hydrogen) atoms. The monoisotopic (exact) mass is 211 g/mol. The van der Waals surface area contributed by atoms with Crippen LogP contribution in [-0.2, 0) is 0 Å². The second-order valence-corrected chi connectivity index (χ2v) is 2.04. The average Bonchev–Trinajstić information content (AvgIpc) is 1.84. The molecule has 0 saturated carbocycles. The van der Waals surface area contributed by atoms with E-state index < -0.39 is 0 Å². The smallest absolute Gasteiger partial charge is 0.140 e. The first-order valence-electron chi connectivity index (χ1n) is 2.74. The molecule has 0 aliphatic carbocycles. The zero-order valence-corrected chi connectivity index (χ0v) is 7.78. The Morgan fingerprint density at radius 2 is 1.25 bits per heavy atom. The molecule has 0 aliphatic heterocycles. The molecule has 1 rings (SSSR count). The molecule has 0 aliphatic rings. The quantitative estimate of drug-likeness (QED) is 0.292. The molecule has 0 bridgehead atoms. The zero-order valence-electron chi connectivity index (χ0n) is 6.15. The SMILES string of the molecule is Cl.Cl.Nc1cc(N)c(O)cc1N. The minimum absolute atomic E-state index is 0. The second-order valence-electron chi connectivity index (χ2n) is 2.04. The number of phenolic OH excluding ortho intramolecular Hbond substituents is 1. The third-order valence-electron chi connectivity index (χ3n) is 1.23. The van der Waals surface area contributed by atoms with Gasteiger partial charge in [-0.2, -0.15) is 0 Å². The fourth-order valence-corrected chi connectivity index (χ4v) is 0.639. The summed E-state index contributed by atoms with van der Waals surface area (Å²) >= 11 is 0. The zero-order chi connectivity index (χ0) is 7.72. The van der Waals surface area contributed by atoms with Crippen molar-refractivity contribution >= 4 is 41.9 Å². The molecule has 0 aromatic heterocycles. The molecule has 0 atom stereocenters. The van der Waals surface area contributed by atoms with Gasteiger partial charge in [0, 0.05) is 6.07 Å². The van der Waals surface area contributed by atoms with Crippen molar-refractivity contribution in [1.29, 1.82) is 0 Å². The van der Waals surface area contributed by atoms with Crippen LogP contribution < -0.4 is 17.2 Å². The van der Waals surface area contributed by atoms with Gasteiger partial charge in [0.25, 0.3) is 0 Å². The van der Waals surface area contributed by atoms with Crippen LogP contribution in [-0.4, -0.2) is 5.11 Å². The summed E-state index contributed by atoms with van der Waals surface area (Å²) in [6, 6.07) is 2.75. The van der Waals surface area contributed by atoms with Gasteiger partial charge < -0.3 is 22.3 Å². The van der Waals surface area contributed by atoms with Gasteiger partial charge in [-0.3, -0.25) is 0 Å². The van der Waals surface area contributed by atoms with Crippen molar-refractivity contribution in [2.75, 3.05) is 17.2 Å². The van der Waals surface area contributed by atoms with E-state index in [1.54, 1.807) is 0 Å². The fraction of sp³-hybridized carbons (Fsp3) is 0. The van der Waals surface area contributed by atoms with E-state index >= 15 is 0 Å². The largest absolute Gasteiger partial charge is 0.506 e. The Kier molecular flexibility index (Phi) is 5.42. The van der Waals surface area contributed by atoms with Crippen LogP contribution in [0.2, 0.25) is 0 Å². The summed E-state index contributed by atoms with van der Waals surface area (Å²) in [4.78, 5) is 0. The summed E-state index contributed by atoms with van der Waals surface area (Å²) in [6.45, 7) is 0. The molecule has 0 amide bonds. The lowest BCUT2D eigenvalue weighted by Gasteiger charge is -2.02. The predicted molar refractivity (Wildman–Crippen MR) is 55.8 cm³/mol. The lowest BCUT2D eigenvalue weighted by atomic mass is 10.2. The van der Waals surface area contributed by atoms with Gasteiger partial charge in [0.05, 0.1) is 17.1 Å². The lowest BCUT2D eigenvalue weighted by Crippen LogP contribution is -1.96. The highest BCUT2D eigenvalue weighted by atomic mass is 35.5. The van der Waals surface area contributed by atoms with E-state index in [-0.39, 0.29) is 36.3 Å². The van der Waals surface area contributed by atoms with E-state index in [9.17, 15) is 0 Å². The molecule has 7 N–H and O–H groups in total. The van der Waals surface area contributed by atoms with Crippen LogP contribution in [0.1, 0.15) is 0 Å². The third-order valence-corrected chi connectivity index (χ3v) is 1.23. The first kappa shape index (κ1) is 13.6. The van der Waals surface area contributed by atoms with Gasteiger partial charge in [-0.25, -0.2) is 0 Å². The Bertz CT molecular complexity index is 217. The topological polar surface area (TPSA) is 98.3 Å². The highest BCUT2D eigenvalue weighted by Gasteiger charge is 1.99. The van der Waals surface area contributed by atoms with Crippen molar-refractivity contribution in [1.82, 2.24) is 0 Å². The van der Waals surface area contributed by atoms with Gasteiger partial charge in [-0.15, -0.1) is 24.8 Å². The van der Waals surface area contributed by atoms with E-state index in [2.05, 4.69) is 0 Å². The Labute approximate surface area is 82.6 Å². The van der Waals surface area contributed by atoms with Gasteiger partial charge in [0.15, 0.2) is 0 Å². The highest BCUT2D eigenvalue weighted by Crippen LogP contribution is 2.27. The van der Waals surface area contributed by atoms with Gasteiger partial charge in [0.2, 0.25) is 0 Å². The van der Waals surface area contributed by atoms with Crippen molar-refractivity contribution in [3.05, 3.63) is 12.1 Å². The van der Waals surface area contributed by atoms with Crippen LogP contribution in [0.4, 0.5) is 17.1 Å². The second kappa shape index (κ2) is 4.79. The molecule has 0 unspecified atom stereocenters. The minimum atomic E-state index is -0.0355. The Morgan fingerprint density at radius 3 is 1.67 bits per heavy atom. The van der Waals surface area contributed by atoms with Crippen molar-refractivity contribution < 1.29 is 5.11 Å². The molecule has 0 heterocycles. The molecular formula is C6H11Cl2N3O. The van der Waals surface area contributed by atoms with Crippen LogP contribution in [0, 0.1) is 0 Å². The van der Waals surface area contributed by atoms with Gasteiger partial charge in [0.1, 0.15) is 5.75 Å². The number of hydrogen-bond donors (Lipinski definition) is 4. The molecule has 4 nitrogen and oxygen atoms in total. The van der Waals surface area contributed by atoms with Crippen LogP contribution in [0.25, 0.3) is 0 Å². The van der Waals surface area contributed by atoms with Crippen LogP contribution in [0.15, 0.2) is 12.1 Å². The maximum atomic E-state index is 8.96. The van der Waals surface area contributed by atoms with E-state index in [0.29, 0.717) is 11.4 Å².